The lowest BCUT2D eigenvalue weighted by atomic mass is 9.76. The molecule has 5 rings (SSSR count). The van der Waals surface area contributed by atoms with Crippen LogP contribution in [-0.4, -0.2) is 35.8 Å². The molecule has 2 saturated heterocycles. The van der Waals surface area contributed by atoms with Crippen LogP contribution >= 0.6 is 11.8 Å². The van der Waals surface area contributed by atoms with Crippen molar-refractivity contribution >= 4 is 40.9 Å². The molecular weight excluding hydrogens is 410 g/mol. The third-order valence-electron chi connectivity index (χ3n) is 7.00. The number of carbonyl (C=O) groups is 3. The van der Waals surface area contributed by atoms with Crippen molar-refractivity contribution < 1.29 is 14.4 Å². The second kappa shape index (κ2) is 7.21. The third kappa shape index (κ3) is 2.72. The van der Waals surface area contributed by atoms with E-state index in [1.165, 1.54) is 4.90 Å². The minimum atomic E-state index is -1.22. The van der Waals surface area contributed by atoms with Crippen LogP contribution in [0.3, 0.4) is 0 Å². The molecule has 0 unspecified atom stereocenters. The normalized spacial score (nSPS) is 28.9. The van der Waals surface area contributed by atoms with Crippen molar-refractivity contribution in [3.8, 4) is 0 Å². The molecule has 0 radical (unpaired) electrons. The number of hydrogen-bond donors (Lipinski definition) is 2. The molecule has 0 aliphatic carbocycles. The number of para-hydroxylation sites is 1. The van der Waals surface area contributed by atoms with E-state index in [0.29, 0.717) is 17.8 Å². The van der Waals surface area contributed by atoms with E-state index in [2.05, 4.69) is 10.6 Å². The maximum absolute atomic E-state index is 13.8. The fourth-order valence-electron chi connectivity index (χ4n) is 5.37. The third-order valence-corrected chi connectivity index (χ3v) is 7.65. The summed E-state index contributed by atoms with van der Waals surface area (Å²) in [7, 11) is 0. The van der Waals surface area contributed by atoms with E-state index in [-0.39, 0.29) is 23.8 Å². The zero-order chi connectivity index (χ0) is 21.9. The van der Waals surface area contributed by atoms with E-state index in [1.54, 1.807) is 11.8 Å². The standard InChI is InChI=1S/C24H25N3O3S/c1-13-8-9-15(12-14(13)2)27-21(28)19-18(10-11-31-3)26-24(20(19)22(27)29)16-6-4-5-7-17(16)25-23(24)30/h4-9,12,18-20,26H,10-11H2,1-3H3,(H,25,30)/t18-,19+,20-,24-/m0/s1. The number of imide groups is 1. The first-order chi connectivity index (χ1) is 14.9. The molecular formula is C24H25N3O3S. The first-order valence-corrected chi connectivity index (χ1v) is 11.9. The van der Waals surface area contributed by atoms with Crippen molar-refractivity contribution in [1.29, 1.82) is 0 Å². The Kier molecular flexibility index (Phi) is 4.71. The van der Waals surface area contributed by atoms with Crippen LogP contribution < -0.4 is 15.5 Å². The SMILES string of the molecule is CSCC[C@@H]1N[C@]2(C(=O)Nc3ccccc32)[C@@H]2C(=O)N(c3ccc(C)c(C)c3)C(=O)[C@H]12. The predicted octanol–water partition coefficient (Wildman–Crippen LogP) is 2.98. The Morgan fingerprint density at radius 3 is 2.55 bits per heavy atom. The Balaban J connectivity index is 1.65. The summed E-state index contributed by atoms with van der Waals surface area (Å²) in [5.74, 6) is -1.27. The Labute approximate surface area is 185 Å². The lowest BCUT2D eigenvalue weighted by Crippen LogP contribution is -2.53. The van der Waals surface area contributed by atoms with Crippen molar-refractivity contribution in [2.45, 2.75) is 31.8 Å². The van der Waals surface area contributed by atoms with Gasteiger partial charge in [-0.3, -0.25) is 19.7 Å². The molecule has 3 aliphatic heterocycles. The zero-order valence-electron chi connectivity index (χ0n) is 17.8. The molecule has 3 amide bonds. The van der Waals surface area contributed by atoms with Crippen molar-refractivity contribution in [1.82, 2.24) is 5.32 Å². The Morgan fingerprint density at radius 1 is 1.03 bits per heavy atom. The maximum Gasteiger partial charge on any atom is 0.250 e. The average Bonchev–Trinajstić information content (AvgIpc) is 3.33. The first-order valence-electron chi connectivity index (χ1n) is 10.5. The molecule has 6 nitrogen and oxygen atoms in total. The fourth-order valence-corrected chi connectivity index (χ4v) is 5.86. The summed E-state index contributed by atoms with van der Waals surface area (Å²) < 4.78 is 0. The van der Waals surface area contributed by atoms with Gasteiger partial charge in [-0.1, -0.05) is 24.3 Å². The molecule has 3 heterocycles. The maximum atomic E-state index is 13.8. The molecule has 0 saturated carbocycles. The van der Waals surface area contributed by atoms with Gasteiger partial charge >= 0.3 is 0 Å². The molecule has 2 N–H and O–H groups in total. The van der Waals surface area contributed by atoms with Gasteiger partial charge in [-0.15, -0.1) is 0 Å². The predicted molar refractivity (Wildman–Crippen MR) is 122 cm³/mol. The first kappa shape index (κ1) is 20.3. The van der Waals surface area contributed by atoms with Crippen LogP contribution in [0.15, 0.2) is 42.5 Å². The van der Waals surface area contributed by atoms with Gasteiger partial charge in [0.15, 0.2) is 0 Å². The fraction of sp³-hybridized carbons (Fsp3) is 0.375. The molecule has 2 aromatic rings. The topological polar surface area (TPSA) is 78.5 Å². The highest BCUT2D eigenvalue weighted by molar-refractivity contribution is 7.98. The van der Waals surface area contributed by atoms with Crippen LogP contribution in [0.1, 0.15) is 23.1 Å². The van der Waals surface area contributed by atoms with E-state index in [1.807, 2.05) is 62.6 Å². The minimum absolute atomic E-state index is 0.217. The molecule has 160 valence electrons. The molecule has 2 fully saturated rings. The Bertz CT molecular complexity index is 1120. The summed E-state index contributed by atoms with van der Waals surface area (Å²) in [6.45, 7) is 3.97. The van der Waals surface area contributed by atoms with Gasteiger partial charge in [-0.05, 0) is 61.6 Å². The molecule has 31 heavy (non-hydrogen) atoms. The van der Waals surface area contributed by atoms with E-state index < -0.39 is 17.4 Å². The van der Waals surface area contributed by atoms with Gasteiger partial charge in [-0.2, -0.15) is 11.8 Å². The van der Waals surface area contributed by atoms with Crippen molar-refractivity contribution in [3.05, 3.63) is 59.2 Å². The monoisotopic (exact) mass is 435 g/mol. The highest BCUT2D eigenvalue weighted by Crippen LogP contribution is 2.54. The van der Waals surface area contributed by atoms with Gasteiger partial charge in [-0.25, -0.2) is 4.90 Å². The summed E-state index contributed by atoms with van der Waals surface area (Å²) in [6.07, 6.45) is 2.72. The highest BCUT2D eigenvalue weighted by Gasteiger charge is 2.70. The second-order valence-corrected chi connectivity index (χ2v) is 9.61. The lowest BCUT2D eigenvalue weighted by molar-refractivity contribution is -0.130. The highest BCUT2D eigenvalue weighted by atomic mass is 32.2. The number of nitrogens with one attached hydrogen (secondary N) is 2. The number of amides is 3. The summed E-state index contributed by atoms with van der Waals surface area (Å²) in [5.41, 5.74) is 2.94. The molecule has 0 aromatic heterocycles. The van der Waals surface area contributed by atoms with Gasteiger partial charge in [0.05, 0.1) is 17.5 Å². The second-order valence-electron chi connectivity index (χ2n) is 8.62. The Hall–Kier alpha value is -2.64. The van der Waals surface area contributed by atoms with Gasteiger partial charge in [0.2, 0.25) is 17.7 Å². The number of hydrogen-bond acceptors (Lipinski definition) is 5. The van der Waals surface area contributed by atoms with Crippen LogP contribution in [0.5, 0.6) is 0 Å². The largest absolute Gasteiger partial charge is 0.324 e. The number of aryl methyl sites for hydroxylation is 2. The molecule has 4 atom stereocenters. The summed E-state index contributed by atoms with van der Waals surface area (Å²) >= 11 is 1.69. The van der Waals surface area contributed by atoms with Crippen molar-refractivity contribution in [3.63, 3.8) is 0 Å². The van der Waals surface area contributed by atoms with E-state index in [4.69, 9.17) is 0 Å². The van der Waals surface area contributed by atoms with Crippen molar-refractivity contribution in [2.24, 2.45) is 11.8 Å². The van der Waals surface area contributed by atoms with E-state index in [9.17, 15) is 14.4 Å². The van der Waals surface area contributed by atoms with Crippen LogP contribution in [0.4, 0.5) is 11.4 Å². The number of rotatable bonds is 4. The van der Waals surface area contributed by atoms with E-state index in [0.717, 1.165) is 22.4 Å². The summed E-state index contributed by atoms with van der Waals surface area (Å²) in [6, 6.07) is 12.8. The molecule has 1 spiro atoms. The quantitative estimate of drug-likeness (QED) is 0.722. The van der Waals surface area contributed by atoms with E-state index >= 15 is 0 Å². The number of benzene rings is 2. The van der Waals surface area contributed by atoms with Crippen LogP contribution in [0, 0.1) is 25.7 Å². The smallest absolute Gasteiger partial charge is 0.250 e. The molecule has 7 heteroatoms. The number of anilines is 2. The van der Waals surface area contributed by atoms with Crippen LogP contribution in [0.25, 0.3) is 0 Å². The number of nitrogens with zero attached hydrogens (tertiary/aromatic N) is 1. The molecule has 3 aliphatic rings. The average molecular weight is 436 g/mol. The van der Waals surface area contributed by atoms with Crippen molar-refractivity contribution in [2.75, 3.05) is 22.2 Å². The zero-order valence-corrected chi connectivity index (χ0v) is 18.6. The number of fused-ring (bicyclic) bond motifs is 4. The van der Waals surface area contributed by atoms with Crippen LogP contribution in [0.2, 0.25) is 0 Å². The summed E-state index contributed by atoms with van der Waals surface area (Å²) in [4.78, 5) is 42.1. The molecule has 2 aromatic carbocycles. The number of carbonyl (C=O) groups excluding carboxylic acids is 3. The van der Waals surface area contributed by atoms with Gasteiger partial charge in [0.25, 0.3) is 0 Å². The van der Waals surface area contributed by atoms with Gasteiger partial charge in [0.1, 0.15) is 5.54 Å². The lowest BCUT2D eigenvalue weighted by Gasteiger charge is -2.29. The summed E-state index contributed by atoms with van der Waals surface area (Å²) in [5, 5.41) is 6.41. The molecule has 0 bridgehead atoms. The minimum Gasteiger partial charge on any atom is -0.324 e. The number of thioether (sulfide) groups is 1. The van der Waals surface area contributed by atoms with Gasteiger partial charge < -0.3 is 5.32 Å². The van der Waals surface area contributed by atoms with Gasteiger partial charge in [0, 0.05) is 17.3 Å². The Morgan fingerprint density at radius 2 is 1.81 bits per heavy atom. The van der Waals surface area contributed by atoms with Crippen LogP contribution in [-0.2, 0) is 19.9 Å².